The summed E-state index contributed by atoms with van der Waals surface area (Å²) in [4.78, 5) is 0. The van der Waals surface area contributed by atoms with Gasteiger partial charge in [0.25, 0.3) is 0 Å². The lowest BCUT2D eigenvalue weighted by molar-refractivity contribution is 0.260. The number of hydrogen-bond acceptors (Lipinski definition) is 4. The number of β-amino-alcohol motifs (C(OH)–C–C–N with tert-alkyl or cyclic N) is 1. The number of benzene rings is 1. The van der Waals surface area contributed by atoms with Gasteiger partial charge in [0.1, 0.15) is 5.75 Å². The Balaban J connectivity index is 2.65. The summed E-state index contributed by atoms with van der Waals surface area (Å²) in [6.45, 7) is 3.27. The summed E-state index contributed by atoms with van der Waals surface area (Å²) in [6, 6.07) is 7.96. The second-order valence-electron chi connectivity index (χ2n) is 4.44. The quantitative estimate of drug-likeness (QED) is 0.648. The van der Waals surface area contributed by atoms with E-state index in [1.165, 1.54) is 5.56 Å². The van der Waals surface area contributed by atoms with Crippen LogP contribution in [0.4, 0.5) is 0 Å². The van der Waals surface area contributed by atoms with Crippen LogP contribution in [-0.4, -0.2) is 37.5 Å². The van der Waals surface area contributed by atoms with Crippen LogP contribution in [0.15, 0.2) is 24.3 Å². The zero-order chi connectivity index (χ0) is 12.7. The number of nitrogens with two attached hydrogens (primary N) is 1. The Morgan fingerprint density at radius 2 is 2.00 bits per heavy atom. The molecule has 1 aromatic rings. The summed E-state index contributed by atoms with van der Waals surface area (Å²) in [5.74, 6) is 0.853. The average molecular weight is 238 g/mol. The number of hydrogen-bond donors (Lipinski definition) is 3. The van der Waals surface area contributed by atoms with Crippen molar-refractivity contribution in [1.29, 1.82) is 0 Å². The van der Waals surface area contributed by atoms with E-state index in [9.17, 15) is 0 Å². The summed E-state index contributed by atoms with van der Waals surface area (Å²) < 4.78 is 5.12. The maximum Gasteiger partial charge on any atom is 0.118 e. The van der Waals surface area contributed by atoms with E-state index in [-0.39, 0.29) is 12.1 Å². The lowest BCUT2D eigenvalue weighted by Crippen LogP contribution is -2.51. The van der Waals surface area contributed by atoms with Crippen molar-refractivity contribution in [2.24, 2.45) is 5.73 Å². The number of nitrogens with one attached hydrogen (secondary N) is 1. The second kappa shape index (κ2) is 6.59. The zero-order valence-corrected chi connectivity index (χ0v) is 10.6. The Hall–Kier alpha value is -1.10. The molecule has 4 N–H and O–H groups in total. The van der Waals surface area contributed by atoms with Crippen LogP contribution >= 0.6 is 0 Å². The molecule has 0 aromatic heterocycles. The van der Waals surface area contributed by atoms with E-state index in [0.29, 0.717) is 13.1 Å². The van der Waals surface area contributed by atoms with Gasteiger partial charge in [-0.05, 0) is 31.0 Å². The topological polar surface area (TPSA) is 67.5 Å². The van der Waals surface area contributed by atoms with Crippen LogP contribution in [0.5, 0.6) is 5.75 Å². The second-order valence-corrected chi connectivity index (χ2v) is 4.44. The SMILES string of the molecule is COc1ccc(CC(C)(CN)NCCO)cc1. The Labute approximate surface area is 103 Å². The minimum Gasteiger partial charge on any atom is -0.497 e. The maximum absolute atomic E-state index is 8.84. The van der Waals surface area contributed by atoms with Crippen LogP contribution in [-0.2, 0) is 6.42 Å². The van der Waals surface area contributed by atoms with E-state index in [2.05, 4.69) is 12.2 Å². The van der Waals surface area contributed by atoms with Crippen LogP contribution < -0.4 is 15.8 Å². The van der Waals surface area contributed by atoms with Crippen molar-refractivity contribution in [3.05, 3.63) is 29.8 Å². The highest BCUT2D eigenvalue weighted by atomic mass is 16.5. The smallest absolute Gasteiger partial charge is 0.118 e. The van der Waals surface area contributed by atoms with E-state index in [0.717, 1.165) is 12.2 Å². The Bertz CT molecular complexity index is 327. The molecule has 0 saturated heterocycles. The highest BCUT2D eigenvalue weighted by Gasteiger charge is 2.21. The highest BCUT2D eigenvalue weighted by Crippen LogP contribution is 2.16. The van der Waals surface area contributed by atoms with Crippen molar-refractivity contribution in [1.82, 2.24) is 5.32 Å². The molecule has 0 amide bonds. The molecular formula is C13H22N2O2. The summed E-state index contributed by atoms with van der Waals surface area (Å²) in [6.07, 6.45) is 0.827. The Morgan fingerprint density at radius 1 is 1.35 bits per heavy atom. The van der Waals surface area contributed by atoms with Gasteiger partial charge >= 0.3 is 0 Å². The Kier molecular flexibility index (Phi) is 5.41. The van der Waals surface area contributed by atoms with Crippen molar-refractivity contribution in [2.75, 3.05) is 26.8 Å². The highest BCUT2D eigenvalue weighted by molar-refractivity contribution is 5.28. The molecule has 4 nitrogen and oxygen atoms in total. The minimum atomic E-state index is -0.183. The lowest BCUT2D eigenvalue weighted by Gasteiger charge is -2.29. The van der Waals surface area contributed by atoms with Gasteiger partial charge in [0.05, 0.1) is 13.7 Å². The molecule has 0 radical (unpaired) electrons. The largest absolute Gasteiger partial charge is 0.497 e. The van der Waals surface area contributed by atoms with Gasteiger partial charge in [-0.25, -0.2) is 0 Å². The van der Waals surface area contributed by atoms with Gasteiger partial charge in [-0.1, -0.05) is 12.1 Å². The fourth-order valence-corrected chi connectivity index (χ4v) is 1.76. The van der Waals surface area contributed by atoms with E-state index < -0.39 is 0 Å². The third-order valence-electron chi connectivity index (χ3n) is 2.87. The molecule has 0 heterocycles. The number of aliphatic hydroxyl groups is 1. The number of rotatable bonds is 7. The third kappa shape index (κ3) is 4.34. The summed E-state index contributed by atoms with van der Waals surface area (Å²) >= 11 is 0. The molecule has 0 saturated carbocycles. The molecule has 1 atom stereocenters. The van der Waals surface area contributed by atoms with Crippen molar-refractivity contribution in [2.45, 2.75) is 18.9 Å². The molecule has 0 bridgehead atoms. The molecule has 1 unspecified atom stereocenters. The van der Waals surface area contributed by atoms with Gasteiger partial charge < -0.3 is 20.9 Å². The lowest BCUT2D eigenvalue weighted by atomic mass is 9.93. The van der Waals surface area contributed by atoms with Crippen LogP contribution in [0.3, 0.4) is 0 Å². The summed E-state index contributed by atoms with van der Waals surface area (Å²) in [5.41, 5.74) is 6.80. The number of methoxy groups -OCH3 is 1. The van der Waals surface area contributed by atoms with Crippen molar-refractivity contribution in [3.63, 3.8) is 0 Å². The first-order valence-corrected chi connectivity index (χ1v) is 5.82. The summed E-state index contributed by atoms with van der Waals surface area (Å²) in [5, 5.41) is 12.1. The number of ether oxygens (including phenoxy) is 1. The fourth-order valence-electron chi connectivity index (χ4n) is 1.76. The molecule has 96 valence electrons. The third-order valence-corrected chi connectivity index (χ3v) is 2.87. The van der Waals surface area contributed by atoms with Gasteiger partial charge in [0.2, 0.25) is 0 Å². The van der Waals surface area contributed by atoms with Gasteiger partial charge in [0.15, 0.2) is 0 Å². The molecule has 1 rings (SSSR count). The van der Waals surface area contributed by atoms with Crippen molar-refractivity contribution >= 4 is 0 Å². The maximum atomic E-state index is 8.84. The van der Waals surface area contributed by atoms with Crippen LogP contribution in [0.1, 0.15) is 12.5 Å². The predicted molar refractivity (Wildman–Crippen MR) is 69.2 cm³/mol. The molecule has 0 spiro atoms. The Morgan fingerprint density at radius 3 is 2.47 bits per heavy atom. The van der Waals surface area contributed by atoms with Crippen molar-refractivity contribution in [3.8, 4) is 5.75 Å². The zero-order valence-electron chi connectivity index (χ0n) is 10.6. The fraction of sp³-hybridized carbons (Fsp3) is 0.538. The molecule has 17 heavy (non-hydrogen) atoms. The standard InChI is InChI=1S/C13H22N2O2/c1-13(10-14,15-7-8-16)9-11-3-5-12(17-2)6-4-11/h3-6,15-16H,7-10,14H2,1-2H3. The normalized spacial score (nSPS) is 14.4. The first-order chi connectivity index (χ1) is 8.13. The molecule has 0 fully saturated rings. The first kappa shape index (κ1) is 14.0. The van der Waals surface area contributed by atoms with E-state index >= 15 is 0 Å². The minimum absolute atomic E-state index is 0.123. The predicted octanol–water partition coefficient (Wildman–Crippen LogP) is 0.537. The monoisotopic (exact) mass is 238 g/mol. The van der Waals surface area contributed by atoms with Crippen LogP contribution in [0.25, 0.3) is 0 Å². The molecule has 0 aliphatic heterocycles. The summed E-state index contributed by atoms with van der Waals surface area (Å²) in [7, 11) is 1.65. The van der Waals surface area contributed by atoms with Gasteiger partial charge in [-0.2, -0.15) is 0 Å². The molecule has 1 aromatic carbocycles. The molecule has 0 aliphatic carbocycles. The van der Waals surface area contributed by atoms with Crippen LogP contribution in [0, 0.1) is 0 Å². The van der Waals surface area contributed by atoms with Gasteiger partial charge in [0, 0.05) is 18.6 Å². The molecular weight excluding hydrogens is 216 g/mol. The van der Waals surface area contributed by atoms with Crippen LogP contribution in [0.2, 0.25) is 0 Å². The van der Waals surface area contributed by atoms with Gasteiger partial charge in [-0.3, -0.25) is 0 Å². The number of aliphatic hydroxyl groups excluding tert-OH is 1. The van der Waals surface area contributed by atoms with E-state index in [1.807, 2.05) is 24.3 Å². The molecule has 0 aliphatic rings. The van der Waals surface area contributed by atoms with Gasteiger partial charge in [-0.15, -0.1) is 0 Å². The van der Waals surface area contributed by atoms with Crippen molar-refractivity contribution < 1.29 is 9.84 Å². The average Bonchev–Trinajstić information content (AvgIpc) is 2.37. The van der Waals surface area contributed by atoms with E-state index in [4.69, 9.17) is 15.6 Å². The molecule has 4 heteroatoms. The van der Waals surface area contributed by atoms with E-state index in [1.54, 1.807) is 7.11 Å². The first-order valence-electron chi connectivity index (χ1n) is 5.82.